The number of ketones is 1. The van der Waals surface area contributed by atoms with E-state index < -0.39 is 0 Å². The molecule has 3 rings (SSSR count). The second-order valence-corrected chi connectivity index (χ2v) is 7.06. The standard InChI is InChI=1S/C26H27NO/c1-21(24-15-9-4-10-16-24)27-25(18-17-22-11-5-2-6-12-22)20-26(28)19-23-13-7-3-8-14-23/h2-16,20-21,27H,17-19H2,1H3/b25-20-/t21-/m1/s1. The fraction of sp³-hybridized carbons (Fsp3) is 0.192. The molecule has 1 atom stereocenters. The normalized spacial score (nSPS) is 12.4. The predicted octanol–water partition coefficient (Wildman–Crippen LogP) is 5.67. The van der Waals surface area contributed by atoms with Gasteiger partial charge in [-0.3, -0.25) is 4.79 Å². The Balaban J connectivity index is 1.71. The zero-order valence-electron chi connectivity index (χ0n) is 16.3. The number of carbonyl (C=O) groups is 1. The van der Waals surface area contributed by atoms with Gasteiger partial charge in [0.05, 0.1) is 0 Å². The summed E-state index contributed by atoms with van der Waals surface area (Å²) in [5.74, 6) is 0.127. The molecule has 0 spiro atoms. The maximum Gasteiger partial charge on any atom is 0.161 e. The summed E-state index contributed by atoms with van der Waals surface area (Å²) >= 11 is 0. The van der Waals surface area contributed by atoms with E-state index in [1.807, 2.05) is 54.6 Å². The van der Waals surface area contributed by atoms with Gasteiger partial charge in [-0.05, 0) is 36.5 Å². The number of rotatable bonds is 9. The van der Waals surface area contributed by atoms with Crippen LogP contribution in [0.15, 0.2) is 103 Å². The minimum absolute atomic E-state index is 0.127. The van der Waals surface area contributed by atoms with Crippen molar-refractivity contribution in [2.24, 2.45) is 0 Å². The molecule has 2 nitrogen and oxygen atoms in total. The summed E-state index contributed by atoms with van der Waals surface area (Å²) in [7, 11) is 0. The second kappa shape index (κ2) is 10.3. The topological polar surface area (TPSA) is 29.1 Å². The minimum atomic E-state index is 0.127. The molecule has 0 bridgehead atoms. The van der Waals surface area contributed by atoms with Crippen LogP contribution in [0.5, 0.6) is 0 Å². The molecule has 0 aromatic heterocycles. The molecule has 0 unspecified atom stereocenters. The van der Waals surface area contributed by atoms with Gasteiger partial charge in [0.15, 0.2) is 5.78 Å². The van der Waals surface area contributed by atoms with Crippen molar-refractivity contribution in [2.75, 3.05) is 0 Å². The van der Waals surface area contributed by atoms with Crippen molar-refractivity contribution in [2.45, 2.75) is 32.2 Å². The number of hydrogen-bond acceptors (Lipinski definition) is 2. The van der Waals surface area contributed by atoms with Crippen molar-refractivity contribution in [1.82, 2.24) is 5.32 Å². The lowest BCUT2D eigenvalue weighted by atomic mass is 10.0. The van der Waals surface area contributed by atoms with Crippen molar-refractivity contribution in [3.63, 3.8) is 0 Å². The Hall–Kier alpha value is -3.13. The summed E-state index contributed by atoms with van der Waals surface area (Å²) in [6.07, 6.45) is 3.92. The largest absolute Gasteiger partial charge is 0.382 e. The van der Waals surface area contributed by atoms with E-state index in [9.17, 15) is 4.79 Å². The maximum absolute atomic E-state index is 12.6. The van der Waals surface area contributed by atoms with E-state index in [4.69, 9.17) is 0 Å². The average molecular weight is 370 g/mol. The molecule has 0 aliphatic heterocycles. The van der Waals surface area contributed by atoms with Gasteiger partial charge in [0.2, 0.25) is 0 Å². The lowest BCUT2D eigenvalue weighted by Gasteiger charge is -2.19. The molecule has 0 saturated carbocycles. The van der Waals surface area contributed by atoms with E-state index in [0.717, 1.165) is 24.1 Å². The summed E-state index contributed by atoms with van der Waals surface area (Å²) in [6.45, 7) is 2.13. The van der Waals surface area contributed by atoms with Crippen LogP contribution in [-0.4, -0.2) is 5.78 Å². The Morgan fingerprint density at radius 3 is 1.96 bits per heavy atom. The SMILES string of the molecule is C[C@@H](N/C(=C\C(=O)Cc1ccccc1)CCc1ccccc1)c1ccccc1. The highest BCUT2D eigenvalue weighted by Crippen LogP contribution is 2.16. The predicted molar refractivity (Wildman–Crippen MR) is 116 cm³/mol. The number of carbonyl (C=O) groups excluding carboxylic acids is 1. The Labute approximate surface area is 167 Å². The smallest absolute Gasteiger partial charge is 0.161 e. The third-order valence-electron chi connectivity index (χ3n) is 4.78. The van der Waals surface area contributed by atoms with Crippen molar-refractivity contribution in [3.8, 4) is 0 Å². The zero-order chi connectivity index (χ0) is 19.6. The third-order valence-corrected chi connectivity index (χ3v) is 4.78. The van der Waals surface area contributed by atoms with Crippen LogP contribution in [0.2, 0.25) is 0 Å². The first-order valence-corrected chi connectivity index (χ1v) is 9.83. The molecule has 142 valence electrons. The Bertz CT molecular complexity index is 885. The van der Waals surface area contributed by atoms with Crippen LogP contribution < -0.4 is 5.32 Å². The van der Waals surface area contributed by atoms with E-state index in [-0.39, 0.29) is 11.8 Å². The average Bonchev–Trinajstić information content (AvgIpc) is 2.74. The zero-order valence-corrected chi connectivity index (χ0v) is 16.3. The monoisotopic (exact) mass is 369 g/mol. The highest BCUT2D eigenvalue weighted by Gasteiger charge is 2.09. The molecular formula is C26H27NO. The van der Waals surface area contributed by atoms with E-state index in [1.54, 1.807) is 6.08 Å². The fourth-order valence-corrected chi connectivity index (χ4v) is 3.26. The van der Waals surface area contributed by atoms with Gasteiger partial charge in [0, 0.05) is 24.2 Å². The van der Waals surface area contributed by atoms with Gasteiger partial charge in [-0.2, -0.15) is 0 Å². The third kappa shape index (κ3) is 6.24. The molecule has 0 radical (unpaired) electrons. The summed E-state index contributed by atoms with van der Waals surface area (Å²) in [4.78, 5) is 12.6. The van der Waals surface area contributed by atoms with E-state index in [1.165, 1.54) is 11.1 Å². The maximum atomic E-state index is 12.6. The van der Waals surface area contributed by atoms with Crippen molar-refractivity contribution in [3.05, 3.63) is 119 Å². The molecule has 2 heteroatoms. The molecule has 1 N–H and O–H groups in total. The van der Waals surface area contributed by atoms with E-state index >= 15 is 0 Å². The van der Waals surface area contributed by atoms with Gasteiger partial charge in [0.1, 0.15) is 0 Å². The number of allylic oxidation sites excluding steroid dienone is 2. The van der Waals surface area contributed by atoms with Crippen LogP contribution in [-0.2, 0) is 17.6 Å². The van der Waals surface area contributed by atoms with E-state index in [0.29, 0.717) is 6.42 Å². The summed E-state index contributed by atoms with van der Waals surface area (Å²) in [6, 6.07) is 30.8. The van der Waals surface area contributed by atoms with Crippen LogP contribution in [0.25, 0.3) is 0 Å². The van der Waals surface area contributed by atoms with Crippen LogP contribution >= 0.6 is 0 Å². The fourth-order valence-electron chi connectivity index (χ4n) is 3.26. The first-order valence-electron chi connectivity index (χ1n) is 9.83. The number of hydrogen-bond donors (Lipinski definition) is 1. The second-order valence-electron chi connectivity index (χ2n) is 7.06. The highest BCUT2D eigenvalue weighted by atomic mass is 16.1. The molecular weight excluding hydrogens is 342 g/mol. The van der Waals surface area contributed by atoms with Gasteiger partial charge in [-0.25, -0.2) is 0 Å². The van der Waals surface area contributed by atoms with Crippen LogP contribution in [0.1, 0.15) is 36.1 Å². The summed E-state index contributed by atoms with van der Waals surface area (Å²) in [5.41, 5.74) is 4.52. The molecule has 0 amide bonds. The van der Waals surface area contributed by atoms with E-state index in [2.05, 4.69) is 48.6 Å². The Morgan fingerprint density at radius 2 is 1.36 bits per heavy atom. The van der Waals surface area contributed by atoms with Crippen LogP contribution in [0.3, 0.4) is 0 Å². The molecule has 0 saturated heterocycles. The Kier molecular flexibility index (Phi) is 7.20. The molecule has 3 aromatic carbocycles. The van der Waals surface area contributed by atoms with Gasteiger partial charge >= 0.3 is 0 Å². The first kappa shape index (κ1) is 19.6. The lowest BCUT2D eigenvalue weighted by Crippen LogP contribution is -2.20. The molecule has 3 aromatic rings. The molecule has 0 aliphatic carbocycles. The van der Waals surface area contributed by atoms with Crippen molar-refractivity contribution >= 4 is 5.78 Å². The van der Waals surface area contributed by atoms with Crippen LogP contribution in [0.4, 0.5) is 0 Å². The van der Waals surface area contributed by atoms with Gasteiger partial charge in [-0.15, -0.1) is 0 Å². The summed E-state index contributed by atoms with van der Waals surface area (Å²) in [5, 5.41) is 3.56. The van der Waals surface area contributed by atoms with Gasteiger partial charge in [-0.1, -0.05) is 91.0 Å². The lowest BCUT2D eigenvalue weighted by molar-refractivity contribution is -0.114. The van der Waals surface area contributed by atoms with Crippen molar-refractivity contribution < 1.29 is 4.79 Å². The molecule has 0 heterocycles. The number of aryl methyl sites for hydroxylation is 1. The number of benzene rings is 3. The summed E-state index contributed by atoms with van der Waals surface area (Å²) < 4.78 is 0. The van der Waals surface area contributed by atoms with Crippen LogP contribution in [0, 0.1) is 0 Å². The molecule has 28 heavy (non-hydrogen) atoms. The Morgan fingerprint density at radius 1 is 0.821 bits per heavy atom. The van der Waals surface area contributed by atoms with Crippen molar-refractivity contribution in [1.29, 1.82) is 0 Å². The van der Waals surface area contributed by atoms with Gasteiger partial charge < -0.3 is 5.32 Å². The number of nitrogens with one attached hydrogen (secondary N) is 1. The minimum Gasteiger partial charge on any atom is -0.382 e. The highest BCUT2D eigenvalue weighted by molar-refractivity contribution is 5.92. The quantitative estimate of drug-likeness (QED) is 0.493. The molecule has 0 aliphatic rings. The first-order chi connectivity index (χ1) is 13.7. The molecule has 0 fully saturated rings. The van der Waals surface area contributed by atoms with Gasteiger partial charge in [0.25, 0.3) is 0 Å².